The van der Waals surface area contributed by atoms with Crippen LogP contribution in [0, 0.1) is 10.1 Å². The van der Waals surface area contributed by atoms with Crippen LogP contribution in [-0.2, 0) is 0 Å². The van der Waals surface area contributed by atoms with E-state index in [1.54, 1.807) is 18.2 Å². The molecule has 0 fully saturated rings. The second kappa shape index (κ2) is 4.70. The van der Waals surface area contributed by atoms with Gasteiger partial charge in [0.05, 0.1) is 16.0 Å². The molecule has 0 amide bonds. The second-order valence-electron chi connectivity index (χ2n) is 5.12. The number of benzene rings is 3. The Morgan fingerprint density at radius 3 is 1.82 bits per heavy atom. The third-order valence-electron chi connectivity index (χ3n) is 3.90. The summed E-state index contributed by atoms with van der Waals surface area (Å²) in [4.78, 5) is 11.0. The van der Waals surface area contributed by atoms with Crippen molar-refractivity contribution in [1.29, 1.82) is 0 Å². The van der Waals surface area contributed by atoms with Crippen LogP contribution in [0.15, 0.2) is 72.8 Å². The Kier molecular flexibility index (Phi) is 2.69. The first-order chi connectivity index (χ1) is 10.8. The molecule has 0 unspecified atom stereocenters. The molecule has 0 aliphatic heterocycles. The fourth-order valence-electron chi connectivity index (χ4n) is 2.99. The Balaban J connectivity index is 2.21. The van der Waals surface area contributed by atoms with Gasteiger partial charge in [-0.05, 0) is 18.2 Å². The van der Waals surface area contributed by atoms with Gasteiger partial charge in [0.15, 0.2) is 0 Å². The zero-order valence-electron chi connectivity index (χ0n) is 11.6. The van der Waals surface area contributed by atoms with E-state index in [0.717, 1.165) is 21.8 Å². The number of para-hydroxylation sites is 4. The molecule has 1 aromatic heterocycles. The minimum Gasteiger partial charge on any atom is -0.303 e. The minimum absolute atomic E-state index is 0.106. The van der Waals surface area contributed by atoms with Gasteiger partial charge in [0.2, 0.25) is 0 Å². The maximum Gasteiger partial charge on any atom is 0.293 e. The molecule has 106 valence electrons. The number of nitrogens with zero attached hydrogens (tertiary/aromatic N) is 2. The largest absolute Gasteiger partial charge is 0.303 e. The van der Waals surface area contributed by atoms with Crippen LogP contribution in [0.4, 0.5) is 5.69 Å². The molecule has 4 rings (SSSR count). The highest BCUT2D eigenvalue weighted by Crippen LogP contribution is 2.34. The van der Waals surface area contributed by atoms with Gasteiger partial charge in [-0.25, -0.2) is 0 Å². The van der Waals surface area contributed by atoms with Gasteiger partial charge < -0.3 is 4.57 Å². The predicted molar refractivity (Wildman–Crippen MR) is 87.4 cm³/mol. The molecule has 0 bridgehead atoms. The highest BCUT2D eigenvalue weighted by atomic mass is 16.6. The summed E-state index contributed by atoms with van der Waals surface area (Å²) >= 11 is 0. The van der Waals surface area contributed by atoms with Crippen LogP contribution in [0.5, 0.6) is 0 Å². The highest BCUT2D eigenvalue weighted by Gasteiger charge is 2.18. The van der Waals surface area contributed by atoms with E-state index in [1.807, 2.05) is 59.2 Å². The number of hydrogen-bond donors (Lipinski definition) is 0. The number of rotatable bonds is 2. The summed E-state index contributed by atoms with van der Waals surface area (Å²) in [5.74, 6) is 0. The molecule has 0 N–H and O–H groups in total. The standard InChI is InChI=1S/C18H12N2O2/c21-20(22)18-12-6-5-11-17(18)19-15-9-3-1-7-13(15)14-8-2-4-10-16(14)19/h1-12H. The number of nitro groups is 1. The van der Waals surface area contributed by atoms with Crippen LogP contribution in [0.3, 0.4) is 0 Å². The smallest absolute Gasteiger partial charge is 0.293 e. The first-order valence-corrected chi connectivity index (χ1v) is 6.99. The lowest BCUT2D eigenvalue weighted by Gasteiger charge is -2.08. The summed E-state index contributed by atoms with van der Waals surface area (Å²) in [6.07, 6.45) is 0. The molecule has 3 aromatic carbocycles. The van der Waals surface area contributed by atoms with Crippen molar-refractivity contribution in [3.63, 3.8) is 0 Å². The molecule has 4 aromatic rings. The van der Waals surface area contributed by atoms with E-state index in [9.17, 15) is 10.1 Å². The third-order valence-corrected chi connectivity index (χ3v) is 3.90. The average molecular weight is 288 g/mol. The van der Waals surface area contributed by atoms with E-state index in [0.29, 0.717) is 5.69 Å². The van der Waals surface area contributed by atoms with Gasteiger partial charge in [0.25, 0.3) is 5.69 Å². The van der Waals surface area contributed by atoms with Gasteiger partial charge in [-0.3, -0.25) is 10.1 Å². The van der Waals surface area contributed by atoms with Crippen LogP contribution in [0.1, 0.15) is 0 Å². The van der Waals surface area contributed by atoms with Gasteiger partial charge in [-0.2, -0.15) is 0 Å². The SMILES string of the molecule is O=[N+]([O-])c1ccccc1-n1c2ccccc2c2ccccc21. The number of fused-ring (bicyclic) bond motifs is 3. The zero-order chi connectivity index (χ0) is 15.1. The Morgan fingerprint density at radius 1 is 0.727 bits per heavy atom. The Bertz CT molecular complexity index is 965. The molecule has 1 heterocycles. The van der Waals surface area contributed by atoms with E-state index in [4.69, 9.17) is 0 Å². The van der Waals surface area contributed by atoms with Gasteiger partial charge >= 0.3 is 0 Å². The first kappa shape index (κ1) is 12.6. The van der Waals surface area contributed by atoms with Crippen LogP contribution in [0.25, 0.3) is 27.5 Å². The van der Waals surface area contributed by atoms with E-state index < -0.39 is 0 Å². The molecular formula is C18H12N2O2. The van der Waals surface area contributed by atoms with Crippen molar-refractivity contribution in [2.75, 3.05) is 0 Å². The summed E-state index contributed by atoms with van der Waals surface area (Å²) in [7, 11) is 0. The normalized spacial score (nSPS) is 11.1. The molecule has 0 saturated carbocycles. The van der Waals surface area contributed by atoms with E-state index in [2.05, 4.69) is 0 Å². The molecule has 4 nitrogen and oxygen atoms in total. The molecular weight excluding hydrogens is 276 g/mol. The minimum atomic E-state index is -0.334. The quantitative estimate of drug-likeness (QED) is 0.397. The molecule has 0 aliphatic carbocycles. The lowest BCUT2D eigenvalue weighted by atomic mass is 10.2. The fourth-order valence-corrected chi connectivity index (χ4v) is 2.99. The van der Waals surface area contributed by atoms with E-state index in [-0.39, 0.29) is 10.6 Å². The number of aromatic nitrogens is 1. The third kappa shape index (κ3) is 1.71. The molecule has 0 saturated heterocycles. The molecule has 0 spiro atoms. The van der Waals surface area contributed by atoms with Crippen LogP contribution in [-0.4, -0.2) is 9.49 Å². The van der Waals surface area contributed by atoms with Crippen molar-refractivity contribution in [2.45, 2.75) is 0 Å². The molecule has 0 atom stereocenters. The second-order valence-corrected chi connectivity index (χ2v) is 5.12. The van der Waals surface area contributed by atoms with Gasteiger partial charge in [-0.1, -0.05) is 48.5 Å². The number of hydrogen-bond acceptors (Lipinski definition) is 2. The Labute approximate surface area is 126 Å². The Morgan fingerprint density at radius 2 is 1.23 bits per heavy atom. The van der Waals surface area contributed by atoms with Crippen LogP contribution in [0.2, 0.25) is 0 Å². The number of nitro benzene ring substituents is 1. The van der Waals surface area contributed by atoms with Crippen LogP contribution >= 0.6 is 0 Å². The lowest BCUT2D eigenvalue weighted by Crippen LogP contribution is -1.99. The molecule has 4 heteroatoms. The van der Waals surface area contributed by atoms with Crippen molar-refractivity contribution in [3.8, 4) is 5.69 Å². The summed E-state index contributed by atoms with van der Waals surface area (Å²) in [5, 5.41) is 13.6. The predicted octanol–water partition coefficient (Wildman–Crippen LogP) is 4.69. The van der Waals surface area contributed by atoms with Gasteiger partial charge in [-0.15, -0.1) is 0 Å². The fraction of sp³-hybridized carbons (Fsp3) is 0. The van der Waals surface area contributed by atoms with Crippen molar-refractivity contribution in [1.82, 2.24) is 4.57 Å². The van der Waals surface area contributed by atoms with E-state index >= 15 is 0 Å². The van der Waals surface area contributed by atoms with Crippen molar-refractivity contribution in [3.05, 3.63) is 82.9 Å². The van der Waals surface area contributed by atoms with Crippen molar-refractivity contribution >= 4 is 27.5 Å². The first-order valence-electron chi connectivity index (χ1n) is 6.99. The summed E-state index contributed by atoms with van der Waals surface area (Å²) < 4.78 is 1.96. The van der Waals surface area contributed by atoms with Gasteiger partial charge in [0.1, 0.15) is 5.69 Å². The monoisotopic (exact) mass is 288 g/mol. The maximum atomic E-state index is 11.4. The van der Waals surface area contributed by atoms with Crippen molar-refractivity contribution < 1.29 is 4.92 Å². The maximum absolute atomic E-state index is 11.4. The molecule has 0 aliphatic rings. The van der Waals surface area contributed by atoms with Crippen LogP contribution < -0.4 is 0 Å². The summed E-state index contributed by atoms with van der Waals surface area (Å²) in [5.41, 5.74) is 2.63. The Hall–Kier alpha value is -3.14. The summed E-state index contributed by atoms with van der Waals surface area (Å²) in [6, 6.07) is 22.8. The van der Waals surface area contributed by atoms with Gasteiger partial charge in [0, 0.05) is 16.8 Å². The lowest BCUT2D eigenvalue weighted by molar-refractivity contribution is -0.384. The molecule has 22 heavy (non-hydrogen) atoms. The topological polar surface area (TPSA) is 48.1 Å². The van der Waals surface area contributed by atoms with E-state index in [1.165, 1.54) is 0 Å². The zero-order valence-corrected chi connectivity index (χ0v) is 11.6. The highest BCUT2D eigenvalue weighted by molar-refractivity contribution is 6.09. The van der Waals surface area contributed by atoms with Crippen molar-refractivity contribution in [2.24, 2.45) is 0 Å². The molecule has 0 radical (unpaired) electrons. The summed E-state index contributed by atoms with van der Waals surface area (Å²) in [6.45, 7) is 0. The average Bonchev–Trinajstić information content (AvgIpc) is 2.89.